The summed E-state index contributed by atoms with van der Waals surface area (Å²) in [6, 6.07) is 7.17. The molecule has 1 aromatic carbocycles. The number of thiophene rings is 1. The first kappa shape index (κ1) is 20.5. The van der Waals surface area contributed by atoms with Gasteiger partial charge in [0.15, 0.2) is 0 Å². The second-order valence-electron chi connectivity index (χ2n) is 6.43. The van der Waals surface area contributed by atoms with Crippen LogP contribution in [0.25, 0.3) is 0 Å². The lowest BCUT2D eigenvalue weighted by molar-refractivity contribution is 0.0978. The zero-order valence-electron chi connectivity index (χ0n) is 15.3. The quantitative estimate of drug-likeness (QED) is 0.705. The number of carbonyl (C=O) groups excluding carboxylic acids is 2. The zero-order chi connectivity index (χ0) is 20.3. The molecule has 1 atom stereocenters. The first-order valence-corrected chi connectivity index (χ1v) is 11.0. The summed E-state index contributed by atoms with van der Waals surface area (Å²) in [6.07, 6.45) is 1.69. The van der Waals surface area contributed by atoms with Crippen molar-refractivity contribution in [3.8, 4) is 0 Å². The van der Waals surface area contributed by atoms with Gasteiger partial charge in [0.2, 0.25) is 10.0 Å². The Morgan fingerprint density at radius 2 is 2.00 bits per heavy atom. The lowest BCUT2D eigenvalue weighted by Crippen LogP contribution is -2.34. The van der Waals surface area contributed by atoms with Gasteiger partial charge in [-0.05, 0) is 48.6 Å². The van der Waals surface area contributed by atoms with E-state index in [1.165, 1.54) is 53.0 Å². The fourth-order valence-corrected chi connectivity index (χ4v) is 4.90. The van der Waals surface area contributed by atoms with Crippen LogP contribution < -0.4 is 11.1 Å². The van der Waals surface area contributed by atoms with Crippen molar-refractivity contribution in [1.82, 2.24) is 4.31 Å². The van der Waals surface area contributed by atoms with Gasteiger partial charge >= 0.3 is 0 Å². The average molecular weight is 424 g/mol. The molecule has 0 spiro atoms. The second-order valence-corrected chi connectivity index (χ2v) is 9.39. The average Bonchev–Trinajstić information content (AvgIpc) is 3.33. The van der Waals surface area contributed by atoms with Crippen molar-refractivity contribution in [3.63, 3.8) is 0 Å². The van der Waals surface area contributed by atoms with Crippen LogP contribution in [-0.2, 0) is 14.8 Å². The summed E-state index contributed by atoms with van der Waals surface area (Å²) < 4.78 is 32.2. The van der Waals surface area contributed by atoms with E-state index in [1.54, 1.807) is 5.38 Å². The van der Waals surface area contributed by atoms with Gasteiger partial charge in [-0.3, -0.25) is 9.59 Å². The summed E-state index contributed by atoms with van der Waals surface area (Å²) in [5.41, 5.74) is 5.76. The number of nitrogens with two attached hydrogens (primary N) is 1. The lowest BCUT2D eigenvalue weighted by atomic mass is 10.2. The van der Waals surface area contributed by atoms with Crippen LogP contribution in [0.5, 0.6) is 0 Å². The largest absolute Gasteiger partial charge is 0.377 e. The number of nitrogens with one attached hydrogen (secondary N) is 1. The Kier molecular flexibility index (Phi) is 6.14. The molecule has 0 radical (unpaired) electrons. The highest BCUT2D eigenvalue weighted by molar-refractivity contribution is 7.89. The molecule has 2 heterocycles. The molecular weight excluding hydrogens is 402 g/mol. The molecule has 10 heteroatoms. The van der Waals surface area contributed by atoms with Crippen LogP contribution >= 0.6 is 11.3 Å². The van der Waals surface area contributed by atoms with E-state index in [1.807, 2.05) is 0 Å². The molecule has 2 aromatic rings. The Labute approximate surface area is 167 Å². The van der Waals surface area contributed by atoms with Crippen molar-refractivity contribution >= 4 is 38.2 Å². The Balaban J connectivity index is 1.70. The van der Waals surface area contributed by atoms with E-state index >= 15 is 0 Å². The van der Waals surface area contributed by atoms with Gasteiger partial charge in [0, 0.05) is 25.8 Å². The molecule has 28 heavy (non-hydrogen) atoms. The van der Waals surface area contributed by atoms with E-state index in [-0.39, 0.29) is 22.1 Å². The predicted molar refractivity (Wildman–Crippen MR) is 106 cm³/mol. The predicted octanol–water partition coefficient (Wildman–Crippen LogP) is 1.90. The molecular formula is C18H21N3O5S2. The number of carbonyl (C=O) groups is 2. The van der Waals surface area contributed by atoms with Gasteiger partial charge in [0.05, 0.1) is 16.6 Å². The highest BCUT2D eigenvalue weighted by Gasteiger charge is 2.26. The standard InChI is InChI=1S/C18H21N3O5S2/c1-21(11-13-3-2-9-26-13)28(24,25)14-6-4-12(5-7-14)17(23)20-18-15(16(19)22)8-10-27-18/h4-8,10,13H,2-3,9,11H2,1H3,(H2,19,22)(H,20,23)/t13-/m0/s1. The third-order valence-corrected chi connectivity index (χ3v) is 7.13. The van der Waals surface area contributed by atoms with E-state index in [4.69, 9.17) is 10.5 Å². The van der Waals surface area contributed by atoms with Crippen LogP contribution in [0.1, 0.15) is 33.6 Å². The van der Waals surface area contributed by atoms with E-state index in [9.17, 15) is 18.0 Å². The molecule has 1 saturated heterocycles. The molecule has 0 saturated carbocycles. The molecule has 0 bridgehead atoms. The molecule has 1 aliphatic heterocycles. The lowest BCUT2D eigenvalue weighted by Gasteiger charge is -2.20. The molecule has 1 fully saturated rings. The van der Waals surface area contributed by atoms with E-state index in [2.05, 4.69) is 5.32 Å². The summed E-state index contributed by atoms with van der Waals surface area (Å²) in [5, 5.41) is 4.62. The minimum Gasteiger partial charge on any atom is -0.377 e. The number of sulfonamides is 1. The number of likely N-dealkylation sites (N-methyl/N-ethyl adjacent to an activating group) is 1. The molecule has 8 nitrogen and oxygen atoms in total. The maximum atomic E-state index is 12.7. The topological polar surface area (TPSA) is 119 Å². The van der Waals surface area contributed by atoms with Gasteiger partial charge in [-0.1, -0.05) is 0 Å². The molecule has 1 aromatic heterocycles. The van der Waals surface area contributed by atoms with E-state index in [0.717, 1.165) is 12.8 Å². The van der Waals surface area contributed by atoms with Crippen LogP contribution in [0.4, 0.5) is 5.00 Å². The van der Waals surface area contributed by atoms with Gasteiger partial charge in [-0.2, -0.15) is 4.31 Å². The third kappa shape index (κ3) is 4.41. The highest BCUT2D eigenvalue weighted by Crippen LogP contribution is 2.24. The van der Waals surface area contributed by atoms with Crippen molar-refractivity contribution < 1.29 is 22.7 Å². The molecule has 0 aliphatic carbocycles. The number of benzene rings is 1. The molecule has 0 unspecified atom stereocenters. The highest BCUT2D eigenvalue weighted by atomic mass is 32.2. The Morgan fingerprint density at radius 1 is 1.29 bits per heavy atom. The van der Waals surface area contributed by atoms with Crippen LogP contribution in [0.3, 0.4) is 0 Å². The summed E-state index contributed by atoms with van der Waals surface area (Å²) in [7, 11) is -2.16. The molecule has 3 N–H and O–H groups in total. The Hall–Kier alpha value is -2.27. The monoisotopic (exact) mass is 423 g/mol. The number of nitrogens with zero attached hydrogens (tertiary/aromatic N) is 1. The van der Waals surface area contributed by atoms with Gasteiger partial charge < -0.3 is 15.8 Å². The zero-order valence-corrected chi connectivity index (χ0v) is 16.9. The van der Waals surface area contributed by atoms with E-state index < -0.39 is 21.8 Å². The summed E-state index contributed by atoms with van der Waals surface area (Å²) >= 11 is 1.18. The van der Waals surface area contributed by atoms with Gasteiger partial charge in [0.1, 0.15) is 5.00 Å². The van der Waals surface area contributed by atoms with Gasteiger partial charge in [-0.15, -0.1) is 11.3 Å². The van der Waals surface area contributed by atoms with Crippen molar-refractivity contribution in [2.24, 2.45) is 5.73 Å². The minimum atomic E-state index is -3.67. The molecule has 150 valence electrons. The van der Waals surface area contributed by atoms with Gasteiger partial charge in [-0.25, -0.2) is 8.42 Å². The van der Waals surface area contributed by atoms with E-state index in [0.29, 0.717) is 18.2 Å². The fraction of sp³-hybridized carbons (Fsp3) is 0.333. The fourth-order valence-electron chi connectivity index (χ4n) is 2.91. The molecule has 2 amide bonds. The number of amides is 2. The normalized spacial score (nSPS) is 17.0. The first-order chi connectivity index (χ1) is 13.3. The van der Waals surface area contributed by atoms with Crippen molar-refractivity contribution in [2.45, 2.75) is 23.8 Å². The SMILES string of the molecule is CN(C[C@@H]1CCCO1)S(=O)(=O)c1ccc(C(=O)Nc2sccc2C(N)=O)cc1. The maximum absolute atomic E-state index is 12.7. The Morgan fingerprint density at radius 3 is 2.61 bits per heavy atom. The number of rotatable bonds is 7. The number of ether oxygens (including phenoxy) is 1. The maximum Gasteiger partial charge on any atom is 0.256 e. The number of hydrogen-bond donors (Lipinski definition) is 2. The van der Waals surface area contributed by atoms with Crippen LogP contribution in [0.15, 0.2) is 40.6 Å². The molecule has 3 rings (SSSR count). The Bertz CT molecular complexity index is 963. The summed E-state index contributed by atoms with van der Waals surface area (Å²) in [4.78, 5) is 23.8. The smallest absolute Gasteiger partial charge is 0.256 e. The van der Waals surface area contributed by atoms with Crippen LogP contribution in [0, 0.1) is 0 Å². The number of primary amides is 1. The molecule has 1 aliphatic rings. The van der Waals surface area contributed by atoms with Crippen LogP contribution in [-0.4, -0.2) is 50.8 Å². The van der Waals surface area contributed by atoms with Gasteiger partial charge in [0.25, 0.3) is 11.8 Å². The first-order valence-electron chi connectivity index (χ1n) is 8.65. The summed E-state index contributed by atoms with van der Waals surface area (Å²) in [6.45, 7) is 0.947. The third-order valence-electron chi connectivity index (χ3n) is 4.47. The van der Waals surface area contributed by atoms with Crippen molar-refractivity contribution in [3.05, 3.63) is 46.8 Å². The number of anilines is 1. The number of hydrogen-bond acceptors (Lipinski definition) is 6. The van der Waals surface area contributed by atoms with Crippen molar-refractivity contribution in [2.75, 3.05) is 25.5 Å². The minimum absolute atomic E-state index is 0.0879. The second kappa shape index (κ2) is 8.39. The van der Waals surface area contributed by atoms with Crippen LogP contribution in [0.2, 0.25) is 0 Å². The van der Waals surface area contributed by atoms with Crippen molar-refractivity contribution in [1.29, 1.82) is 0 Å². The summed E-state index contributed by atoms with van der Waals surface area (Å²) in [5.74, 6) is -1.09.